The maximum absolute atomic E-state index is 11.7. The highest BCUT2D eigenvalue weighted by molar-refractivity contribution is 9.10. The summed E-state index contributed by atoms with van der Waals surface area (Å²) in [6.45, 7) is 0. The Morgan fingerprint density at radius 2 is 2.17 bits per heavy atom. The predicted octanol–water partition coefficient (Wildman–Crippen LogP) is 2.46. The van der Waals surface area contributed by atoms with Crippen molar-refractivity contribution >= 4 is 44.0 Å². The van der Waals surface area contributed by atoms with Crippen LogP contribution >= 0.6 is 27.3 Å². The molecule has 2 aromatic rings. The van der Waals surface area contributed by atoms with E-state index in [-0.39, 0.29) is 15.7 Å². The Labute approximate surface area is 113 Å². The number of nitrogens with zero attached hydrogens (tertiary/aromatic N) is 3. The maximum atomic E-state index is 11.7. The van der Waals surface area contributed by atoms with Crippen LogP contribution in [-0.4, -0.2) is 20.8 Å². The summed E-state index contributed by atoms with van der Waals surface area (Å²) in [7, 11) is 0. The lowest BCUT2D eigenvalue weighted by Crippen LogP contribution is -2.11. The Morgan fingerprint density at radius 1 is 1.39 bits per heavy atom. The van der Waals surface area contributed by atoms with Gasteiger partial charge in [0.05, 0.1) is 22.2 Å². The quantitative estimate of drug-likeness (QED) is 0.689. The molecule has 0 unspecified atom stereocenters. The van der Waals surface area contributed by atoms with Crippen LogP contribution in [0, 0.1) is 10.1 Å². The van der Waals surface area contributed by atoms with Gasteiger partial charge in [-0.1, -0.05) is 11.3 Å². The van der Waals surface area contributed by atoms with Crippen LogP contribution in [-0.2, 0) is 0 Å². The molecule has 0 bridgehead atoms. The lowest BCUT2D eigenvalue weighted by molar-refractivity contribution is -0.380. The molecule has 2 rings (SSSR count). The summed E-state index contributed by atoms with van der Waals surface area (Å²) in [6, 6.07) is 2.68. The molecule has 0 radical (unpaired) electrons. The van der Waals surface area contributed by atoms with E-state index in [1.807, 2.05) is 0 Å². The Balaban J connectivity index is 2.11. The Kier molecular flexibility index (Phi) is 3.63. The van der Waals surface area contributed by atoms with Gasteiger partial charge in [-0.05, 0) is 22.0 Å². The SMILES string of the molecule is O=C(Nc1cnc(Br)cn1)c1ccc([N+](=O)[O-])s1. The number of aromatic nitrogens is 2. The number of carbonyl (C=O) groups excluding carboxylic acids is 1. The molecule has 18 heavy (non-hydrogen) atoms. The van der Waals surface area contributed by atoms with Gasteiger partial charge in [-0.3, -0.25) is 14.9 Å². The van der Waals surface area contributed by atoms with Crippen LogP contribution in [0.3, 0.4) is 0 Å². The van der Waals surface area contributed by atoms with E-state index in [9.17, 15) is 14.9 Å². The van der Waals surface area contributed by atoms with Gasteiger partial charge in [-0.25, -0.2) is 9.97 Å². The smallest absolute Gasteiger partial charge is 0.305 e. The number of hydrogen-bond donors (Lipinski definition) is 1. The van der Waals surface area contributed by atoms with Crippen LogP contribution in [0.2, 0.25) is 0 Å². The average molecular weight is 329 g/mol. The Hall–Kier alpha value is -1.87. The van der Waals surface area contributed by atoms with Crippen LogP contribution in [0.4, 0.5) is 10.8 Å². The predicted molar refractivity (Wildman–Crippen MR) is 68.7 cm³/mol. The van der Waals surface area contributed by atoms with E-state index in [1.54, 1.807) is 0 Å². The summed E-state index contributed by atoms with van der Waals surface area (Å²) in [5.41, 5.74) is 0. The van der Waals surface area contributed by atoms with Crippen molar-refractivity contribution in [3.63, 3.8) is 0 Å². The number of nitrogens with one attached hydrogen (secondary N) is 1. The molecule has 1 N–H and O–H groups in total. The standard InChI is InChI=1S/C9H5BrN4O3S/c10-6-3-12-7(4-11-6)13-9(15)5-1-2-8(18-5)14(16)17/h1-4H,(H,12,13,15). The fourth-order valence-electron chi connectivity index (χ4n) is 1.10. The second-order valence-corrected chi connectivity index (χ2v) is 4.95. The van der Waals surface area contributed by atoms with Gasteiger partial charge >= 0.3 is 5.00 Å². The average Bonchev–Trinajstić information content (AvgIpc) is 2.81. The van der Waals surface area contributed by atoms with Crippen molar-refractivity contribution in [3.8, 4) is 0 Å². The molecule has 0 aliphatic heterocycles. The third kappa shape index (κ3) is 2.87. The molecule has 2 heterocycles. The molecule has 0 aliphatic carbocycles. The first-order chi connectivity index (χ1) is 8.56. The Bertz CT molecular complexity index is 598. The van der Waals surface area contributed by atoms with Crippen LogP contribution in [0.1, 0.15) is 9.67 Å². The minimum absolute atomic E-state index is 0.0814. The molecule has 0 atom stereocenters. The van der Waals surface area contributed by atoms with Gasteiger partial charge in [-0.15, -0.1) is 0 Å². The molecule has 0 aromatic carbocycles. The highest BCUT2D eigenvalue weighted by Gasteiger charge is 2.15. The van der Waals surface area contributed by atoms with Crippen molar-refractivity contribution in [2.75, 3.05) is 5.32 Å². The number of amides is 1. The highest BCUT2D eigenvalue weighted by Crippen LogP contribution is 2.24. The van der Waals surface area contributed by atoms with Crippen LogP contribution < -0.4 is 5.32 Å². The monoisotopic (exact) mass is 328 g/mol. The number of anilines is 1. The first kappa shape index (κ1) is 12.6. The third-order valence-corrected chi connectivity index (χ3v) is 3.30. The number of halogens is 1. The molecule has 2 aromatic heterocycles. The van der Waals surface area contributed by atoms with E-state index < -0.39 is 10.8 Å². The van der Waals surface area contributed by atoms with Gasteiger partial charge in [-0.2, -0.15) is 0 Å². The van der Waals surface area contributed by atoms with E-state index in [0.717, 1.165) is 11.3 Å². The van der Waals surface area contributed by atoms with Gasteiger partial charge < -0.3 is 5.32 Å². The molecule has 0 saturated heterocycles. The molecule has 1 amide bonds. The van der Waals surface area contributed by atoms with Gasteiger partial charge in [0.25, 0.3) is 5.91 Å². The van der Waals surface area contributed by atoms with E-state index in [4.69, 9.17) is 0 Å². The van der Waals surface area contributed by atoms with E-state index >= 15 is 0 Å². The number of nitro groups is 1. The Morgan fingerprint density at radius 3 is 2.72 bits per heavy atom. The zero-order chi connectivity index (χ0) is 13.1. The van der Waals surface area contributed by atoms with Crippen LogP contribution in [0.5, 0.6) is 0 Å². The van der Waals surface area contributed by atoms with Gasteiger partial charge in [0.15, 0.2) is 5.82 Å². The molecule has 0 spiro atoms. The summed E-state index contributed by atoms with van der Waals surface area (Å²) in [6.07, 6.45) is 2.82. The molecule has 0 fully saturated rings. The van der Waals surface area contributed by atoms with Crippen molar-refractivity contribution < 1.29 is 9.72 Å². The first-order valence-corrected chi connectivity index (χ1v) is 6.20. The molecule has 7 nitrogen and oxygen atoms in total. The van der Waals surface area contributed by atoms with E-state index in [2.05, 4.69) is 31.2 Å². The fourth-order valence-corrected chi connectivity index (χ4v) is 2.02. The molecular formula is C9H5BrN4O3S. The lowest BCUT2D eigenvalue weighted by atomic mass is 10.4. The van der Waals surface area contributed by atoms with Gasteiger partial charge in [0.2, 0.25) is 0 Å². The minimum Gasteiger partial charge on any atom is -0.305 e. The van der Waals surface area contributed by atoms with Gasteiger partial charge in [0, 0.05) is 6.07 Å². The number of thiophene rings is 1. The van der Waals surface area contributed by atoms with Gasteiger partial charge in [0.1, 0.15) is 4.60 Å². The fraction of sp³-hybridized carbons (Fsp3) is 0. The molecule has 92 valence electrons. The highest BCUT2D eigenvalue weighted by atomic mass is 79.9. The van der Waals surface area contributed by atoms with Crippen molar-refractivity contribution in [2.24, 2.45) is 0 Å². The minimum atomic E-state index is -0.541. The summed E-state index contributed by atoms with van der Waals surface area (Å²) in [4.78, 5) is 29.7. The van der Waals surface area contributed by atoms with Crippen molar-refractivity contribution in [2.45, 2.75) is 0 Å². The second kappa shape index (κ2) is 5.19. The molecular weight excluding hydrogens is 324 g/mol. The normalized spacial score (nSPS) is 10.1. The number of carbonyl (C=O) groups is 1. The molecule has 9 heteroatoms. The summed E-state index contributed by atoms with van der Waals surface area (Å²) in [5.74, 6) is -0.177. The molecule has 0 saturated carbocycles. The number of rotatable bonds is 3. The number of hydrogen-bond acceptors (Lipinski definition) is 6. The van der Waals surface area contributed by atoms with E-state index in [1.165, 1.54) is 24.5 Å². The topological polar surface area (TPSA) is 98.0 Å². The third-order valence-electron chi connectivity index (χ3n) is 1.86. The zero-order valence-electron chi connectivity index (χ0n) is 8.66. The maximum Gasteiger partial charge on any atom is 0.324 e. The van der Waals surface area contributed by atoms with Crippen molar-refractivity contribution in [1.29, 1.82) is 0 Å². The summed E-state index contributed by atoms with van der Waals surface area (Å²) in [5, 5.41) is 12.9. The summed E-state index contributed by atoms with van der Waals surface area (Å²) >= 11 is 3.92. The van der Waals surface area contributed by atoms with Crippen molar-refractivity contribution in [3.05, 3.63) is 44.1 Å². The lowest BCUT2D eigenvalue weighted by Gasteiger charge is -2.00. The zero-order valence-corrected chi connectivity index (χ0v) is 11.1. The second-order valence-electron chi connectivity index (χ2n) is 3.07. The first-order valence-electron chi connectivity index (χ1n) is 4.59. The largest absolute Gasteiger partial charge is 0.324 e. The van der Waals surface area contributed by atoms with Crippen LogP contribution in [0.15, 0.2) is 29.1 Å². The summed E-state index contributed by atoms with van der Waals surface area (Å²) < 4.78 is 0.548. The van der Waals surface area contributed by atoms with Crippen LogP contribution in [0.25, 0.3) is 0 Å². The molecule has 0 aliphatic rings. The van der Waals surface area contributed by atoms with E-state index in [0.29, 0.717) is 4.60 Å². The van der Waals surface area contributed by atoms with Crippen molar-refractivity contribution in [1.82, 2.24) is 9.97 Å².